The van der Waals surface area contributed by atoms with Gasteiger partial charge in [0.15, 0.2) is 0 Å². The molecule has 1 nitrogen and oxygen atoms in total. The van der Waals surface area contributed by atoms with E-state index in [0.29, 0.717) is 5.75 Å². The van der Waals surface area contributed by atoms with Gasteiger partial charge in [-0.15, -0.1) is 0 Å². The van der Waals surface area contributed by atoms with Crippen LogP contribution in [-0.2, 0) is 6.42 Å². The molecule has 1 aromatic rings. The molecule has 0 aliphatic heterocycles. The smallest absolute Gasteiger partial charge is 1.00 e. The van der Waals surface area contributed by atoms with Crippen molar-refractivity contribution in [1.29, 1.82) is 0 Å². The van der Waals surface area contributed by atoms with E-state index in [1.807, 2.05) is 18.2 Å². The molecule has 0 aliphatic carbocycles. The first kappa shape index (κ1) is 16.7. The predicted octanol–water partition coefficient (Wildman–Crippen LogP) is 1.41. The van der Waals surface area contributed by atoms with Crippen LogP contribution in [0.1, 0.15) is 52.4 Å². The molecule has 1 N–H and O–H groups in total. The molecule has 0 unspecified atom stereocenters. The van der Waals surface area contributed by atoms with Crippen LogP contribution in [0.4, 0.5) is 0 Å². The summed E-state index contributed by atoms with van der Waals surface area (Å²) in [6.07, 6.45) is 8.85. The first-order valence-electron chi connectivity index (χ1n) is 6.11. The van der Waals surface area contributed by atoms with Crippen LogP contribution in [0.25, 0.3) is 0 Å². The third-order valence-electron chi connectivity index (χ3n) is 2.79. The van der Waals surface area contributed by atoms with E-state index in [2.05, 4.69) is 6.92 Å². The molecule has 16 heavy (non-hydrogen) atoms. The predicted molar refractivity (Wildman–Crippen MR) is 66.3 cm³/mol. The summed E-state index contributed by atoms with van der Waals surface area (Å²) < 4.78 is 0. The van der Waals surface area contributed by atoms with Crippen LogP contribution >= 0.6 is 0 Å². The number of benzene rings is 1. The van der Waals surface area contributed by atoms with E-state index < -0.39 is 0 Å². The number of aromatic hydroxyl groups is 1. The first-order valence-corrected chi connectivity index (χ1v) is 6.11. The van der Waals surface area contributed by atoms with E-state index in [4.69, 9.17) is 0 Å². The number of phenols is 1. The van der Waals surface area contributed by atoms with Crippen molar-refractivity contribution in [1.82, 2.24) is 0 Å². The van der Waals surface area contributed by atoms with Crippen molar-refractivity contribution < 1.29 is 57.9 Å². The second kappa shape index (κ2) is 10.8. The zero-order chi connectivity index (χ0) is 10.9. The summed E-state index contributed by atoms with van der Waals surface area (Å²) in [5, 5.41) is 9.55. The molecule has 0 saturated heterocycles. The first-order chi connectivity index (χ1) is 7.34. The van der Waals surface area contributed by atoms with Gasteiger partial charge in [0.1, 0.15) is 5.75 Å². The van der Waals surface area contributed by atoms with Crippen molar-refractivity contribution in [3.63, 3.8) is 0 Å². The fourth-order valence-corrected chi connectivity index (χ4v) is 1.82. The second-order valence-electron chi connectivity index (χ2n) is 4.15. The third kappa shape index (κ3) is 7.07. The average molecular weight is 246 g/mol. The largest absolute Gasteiger partial charge is 1.00 e. The molecule has 0 aromatic heterocycles. The number of para-hydroxylation sites is 1. The summed E-state index contributed by atoms with van der Waals surface area (Å²) in [5.74, 6) is 0.450. The molecule has 0 atom stereocenters. The number of aryl methyl sites for hydroxylation is 1. The van der Waals surface area contributed by atoms with Crippen LogP contribution in [0.2, 0.25) is 0 Å². The van der Waals surface area contributed by atoms with Crippen LogP contribution in [0.5, 0.6) is 5.75 Å². The fourth-order valence-electron chi connectivity index (χ4n) is 1.82. The van der Waals surface area contributed by atoms with Crippen LogP contribution in [-0.4, -0.2) is 5.11 Å². The number of unbranched alkanes of at least 4 members (excludes halogenated alkanes) is 5. The maximum Gasteiger partial charge on any atom is 1.00 e. The summed E-state index contributed by atoms with van der Waals surface area (Å²) in [6.45, 7) is 2.24. The molecule has 0 aliphatic rings. The summed E-state index contributed by atoms with van der Waals surface area (Å²) in [4.78, 5) is 0. The molecular weight excluding hydrogens is 223 g/mol. The molecule has 0 spiro atoms. The minimum absolute atomic E-state index is 0. The van der Waals surface area contributed by atoms with E-state index in [9.17, 15) is 5.11 Å². The van der Waals surface area contributed by atoms with Gasteiger partial charge in [0, 0.05) is 0 Å². The molecule has 0 saturated carbocycles. The summed E-state index contributed by atoms with van der Waals surface area (Å²) >= 11 is 0. The van der Waals surface area contributed by atoms with Crippen LogP contribution in [0.15, 0.2) is 24.3 Å². The molecule has 0 radical (unpaired) electrons. The van der Waals surface area contributed by atoms with Crippen molar-refractivity contribution in [2.45, 2.75) is 51.9 Å². The van der Waals surface area contributed by atoms with E-state index in [0.717, 1.165) is 12.0 Å². The monoisotopic (exact) mass is 246 g/mol. The van der Waals surface area contributed by atoms with Crippen LogP contribution < -0.4 is 51.4 Å². The topological polar surface area (TPSA) is 20.2 Å². The Hall–Kier alpha value is 0.656. The van der Waals surface area contributed by atoms with Gasteiger partial charge < -0.3 is 6.53 Å². The Balaban J connectivity index is 0. The molecular formula is C14H23KO. The molecule has 86 valence electrons. The quantitative estimate of drug-likeness (QED) is 0.570. The fraction of sp³-hybridized carbons (Fsp3) is 0.571. The van der Waals surface area contributed by atoms with Gasteiger partial charge in [-0.05, 0) is 24.5 Å². The van der Waals surface area contributed by atoms with Gasteiger partial charge in [0.2, 0.25) is 0 Å². The van der Waals surface area contributed by atoms with Crippen molar-refractivity contribution in [3.8, 4) is 5.75 Å². The van der Waals surface area contributed by atoms with E-state index in [1.54, 1.807) is 6.07 Å². The Morgan fingerprint density at radius 1 is 1.00 bits per heavy atom. The Labute approximate surface area is 144 Å². The zero-order valence-electron chi connectivity index (χ0n) is 11.7. The van der Waals surface area contributed by atoms with Crippen molar-refractivity contribution in [3.05, 3.63) is 29.8 Å². The zero-order valence-corrected chi connectivity index (χ0v) is 13.8. The molecule has 1 aromatic carbocycles. The number of rotatable bonds is 7. The number of phenolic OH excluding ortho intramolecular Hbond substituents is 1. The summed E-state index contributed by atoms with van der Waals surface area (Å²) in [6, 6.07) is 7.65. The summed E-state index contributed by atoms with van der Waals surface area (Å²) in [7, 11) is 0. The molecule has 0 fully saturated rings. The standard InChI is InChI=1S/C14H22O.K.H/c1-2-3-4-5-6-7-10-13-11-8-9-12-14(13)15;;/h8-9,11-12,15H,2-7,10H2,1H3;;/q;+1;-1. The van der Waals surface area contributed by atoms with Gasteiger partial charge >= 0.3 is 51.4 Å². The summed E-state index contributed by atoms with van der Waals surface area (Å²) in [5.41, 5.74) is 1.09. The van der Waals surface area contributed by atoms with E-state index >= 15 is 0 Å². The third-order valence-corrected chi connectivity index (χ3v) is 2.79. The SMILES string of the molecule is CCCCCCCCc1ccccc1O.[H-].[K+]. The van der Waals surface area contributed by atoms with Gasteiger partial charge in [0.05, 0.1) is 0 Å². The molecule has 0 bridgehead atoms. The van der Waals surface area contributed by atoms with Gasteiger partial charge in [-0.25, -0.2) is 0 Å². The van der Waals surface area contributed by atoms with Crippen LogP contribution in [0, 0.1) is 0 Å². The van der Waals surface area contributed by atoms with Gasteiger partial charge in [0.25, 0.3) is 0 Å². The Kier molecular flexibility index (Phi) is 11.2. The Bertz CT molecular complexity index is 279. The minimum atomic E-state index is 0. The maximum absolute atomic E-state index is 9.55. The Morgan fingerprint density at radius 3 is 2.31 bits per heavy atom. The molecule has 0 amide bonds. The minimum Gasteiger partial charge on any atom is -1.00 e. The maximum atomic E-state index is 9.55. The average Bonchev–Trinajstić information content (AvgIpc) is 2.25. The van der Waals surface area contributed by atoms with Crippen molar-refractivity contribution in [2.75, 3.05) is 0 Å². The molecule has 1 rings (SSSR count). The van der Waals surface area contributed by atoms with Crippen molar-refractivity contribution in [2.24, 2.45) is 0 Å². The molecule has 2 heteroatoms. The normalized spacial score (nSPS) is 9.81. The number of hydrogen-bond acceptors (Lipinski definition) is 1. The van der Waals surface area contributed by atoms with Gasteiger partial charge in [-0.3, -0.25) is 0 Å². The second-order valence-corrected chi connectivity index (χ2v) is 4.15. The molecule has 0 heterocycles. The van der Waals surface area contributed by atoms with E-state index in [-0.39, 0.29) is 52.8 Å². The van der Waals surface area contributed by atoms with Crippen molar-refractivity contribution >= 4 is 0 Å². The van der Waals surface area contributed by atoms with Gasteiger partial charge in [-0.1, -0.05) is 57.2 Å². The van der Waals surface area contributed by atoms with Crippen LogP contribution in [0.3, 0.4) is 0 Å². The number of hydrogen-bond donors (Lipinski definition) is 1. The van der Waals surface area contributed by atoms with E-state index in [1.165, 1.54) is 38.5 Å². The van der Waals surface area contributed by atoms with Gasteiger partial charge in [-0.2, -0.15) is 0 Å². The Morgan fingerprint density at radius 2 is 1.62 bits per heavy atom.